The molecule has 8 unspecified atom stereocenters. The number of hydrogen-bond acceptors (Lipinski definition) is 11. The molecule has 0 aliphatic carbocycles. The van der Waals surface area contributed by atoms with Crippen molar-refractivity contribution in [3.05, 3.63) is 24.3 Å². The zero-order valence-corrected chi connectivity index (χ0v) is 38.9. The molecule has 360 valence electrons. The molecule has 8 atom stereocenters. The average molecular weight is 892 g/mol. The third kappa shape index (κ3) is 30.3. The molecule has 0 saturated carbocycles. The highest BCUT2D eigenvalue weighted by Gasteiger charge is 2.48. The van der Waals surface area contributed by atoms with E-state index in [9.17, 15) is 43.3 Å². The molecule has 61 heavy (non-hydrogen) atoms. The predicted molar refractivity (Wildman–Crippen MR) is 242 cm³/mol. The first-order chi connectivity index (χ1) is 29.4. The second kappa shape index (κ2) is 37.9. The summed E-state index contributed by atoms with van der Waals surface area (Å²) in [4.78, 5) is 13.1. The van der Waals surface area contributed by atoms with Gasteiger partial charge in [-0.2, -0.15) is 8.42 Å². The van der Waals surface area contributed by atoms with Gasteiger partial charge in [-0.1, -0.05) is 199 Å². The first-order valence-corrected chi connectivity index (χ1v) is 25.7. The van der Waals surface area contributed by atoms with E-state index < -0.39 is 78.5 Å². The molecule has 1 amide bonds. The van der Waals surface area contributed by atoms with Gasteiger partial charge in [-0.15, -0.1) is 0 Å². The number of carbonyl (C=O) groups is 1. The molecule has 1 aliphatic heterocycles. The molecule has 14 heteroatoms. The molecular formula is C47H89NO12S. The van der Waals surface area contributed by atoms with Crippen LogP contribution in [0, 0.1) is 0 Å². The topological polar surface area (TPSA) is 212 Å². The van der Waals surface area contributed by atoms with Gasteiger partial charge in [0.15, 0.2) is 6.29 Å². The van der Waals surface area contributed by atoms with Crippen molar-refractivity contribution in [2.75, 3.05) is 13.2 Å². The maximum absolute atomic E-state index is 13.1. The average Bonchev–Trinajstić information content (AvgIpc) is 3.23. The second-order valence-electron chi connectivity index (χ2n) is 17.2. The van der Waals surface area contributed by atoms with Gasteiger partial charge in [-0.3, -0.25) is 9.35 Å². The van der Waals surface area contributed by atoms with E-state index in [4.69, 9.17) is 9.47 Å². The van der Waals surface area contributed by atoms with Crippen LogP contribution < -0.4 is 5.32 Å². The van der Waals surface area contributed by atoms with Crippen molar-refractivity contribution >= 4 is 16.3 Å². The van der Waals surface area contributed by atoms with Gasteiger partial charge in [-0.05, 0) is 32.1 Å². The summed E-state index contributed by atoms with van der Waals surface area (Å²) in [6.07, 6.45) is 31.1. The number of ether oxygens (including phenoxy) is 2. The van der Waals surface area contributed by atoms with E-state index >= 15 is 0 Å². The lowest BCUT2D eigenvalue weighted by molar-refractivity contribution is -0.298. The molecule has 0 aromatic heterocycles. The van der Waals surface area contributed by atoms with E-state index in [-0.39, 0.29) is 6.42 Å². The molecule has 0 aromatic rings. The van der Waals surface area contributed by atoms with Crippen molar-refractivity contribution in [3.8, 4) is 0 Å². The molecule has 0 spiro atoms. The van der Waals surface area contributed by atoms with Crippen LogP contribution in [0.4, 0.5) is 0 Å². The standard InChI is InChI=1S/C47H89NO12S/c1-3-5-7-9-11-13-15-17-19-20-22-23-25-27-29-31-33-35-40(50)39(38-58-47-44(53)45(60-61(55,56)57)43(52)42(37-49)59-47)48-46(54)41(51)36-34-32-30-28-26-24-21-18-16-14-12-10-8-6-4-2/h25,27,33,35,39-45,47,49-53H,3-24,26,28-32,34,36-38H2,1-2H3,(H,48,54)(H,55,56,57)/b27-25+,35-33+. The Hall–Kier alpha value is -1.46. The fourth-order valence-corrected chi connectivity index (χ4v) is 8.22. The van der Waals surface area contributed by atoms with E-state index in [1.807, 2.05) is 0 Å². The van der Waals surface area contributed by atoms with Gasteiger partial charge in [0.1, 0.15) is 30.5 Å². The quantitative estimate of drug-likeness (QED) is 0.0175. The van der Waals surface area contributed by atoms with Crippen molar-refractivity contribution in [1.82, 2.24) is 5.32 Å². The molecule has 1 heterocycles. The number of allylic oxidation sites excluding steroid dienone is 3. The number of carbonyl (C=O) groups excluding carboxylic acids is 1. The van der Waals surface area contributed by atoms with Crippen LogP contribution in [0.3, 0.4) is 0 Å². The molecule has 1 rings (SSSR count). The molecule has 1 aliphatic rings. The number of nitrogens with one attached hydrogen (secondary N) is 1. The highest BCUT2D eigenvalue weighted by atomic mass is 32.3. The van der Waals surface area contributed by atoms with Gasteiger partial charge in [0.2, 0.25) is 5.91 Å². The lowest BCUT2D eigenvalue weighted by Crippen LogP contribution is -2.61. The van der Waals surface area contributed by atoms with Gasteiger partial charge < -0.3 is 40.3 Å². The smallest absolute Gasteiger partial charge is 0.394 e. The Balaban J connectivity index is 2.59. The van der Waals surface area contributed by atoms with Crippen molar-refractivity contribution in [2.45, 2.75) is 255 Å². The molecule has 7 N–H and O–H groups in total. The van der Waals surface area contributed by atoms with Gasteiger partial charge in [0, 0.05) is 0 Å². The van der Waals surface area contributed by atoms with Crippen LogP contribution in [-0.2, 0) is 28.9 Å². The monoisotopic (exact) mass is 892 g/mol. The number of hydrogen-bond donors (Lipinski definition) is 7. The Morgan fingerprint density at radius 2 is 1.10 bits per heavy atom. The highest BCUT2D eigenvalue weighted by Crippen LogP contribution is 2.26. The van der Waals surface area contributed by atoms with Crippen LogP contribution in [-0.4, -0.2) is 107 Å². The summed E-state index contributed by atoms with van der Waals surface area (Å²) >= 11 is 0. The van der Waals surface area contributed by atoms with Crippen LogP contribution >= 0.6 is 0 Å². The molecule has 0 bridgehead atoms. The first-order valence-electron chi connectivity index (χ1n) is 24.3. The van der Waals surface area contributed by atoms with Crippen molar-refractivity contribution in [1.29, 1.82) is 0 Å². The number of aliphatic hydroxyl groups excluding tert-OH is 5. The number of unbranched alkanes of at least 4 members (excludes halogenated alkanes) is 26. The minimum absolute atomic E-state index is 0.240. The summed E-state index contributed by atoms with van der Waals surface area (Å²) in [5, 5.41) is 55.2. The molecular weight excluding hydrogens is 803 g/mol. The zero-order valence-electron chi connectivity index (χ0n) is 38.1. The Morgan fingerprint density at radius 1 is 0.656 bits per heavy atom. The Labute approximate surface area is 370 Å². The van der Waals surface area contributed by atoms with Crippen LogP contribution in [0.15, 0.2) is 24.3 Å². The Morgan fingerprint density at radius 3 is 1.57 bits per heavy atom. The fraction of sp³-hybridized carbons (Fsp3) is 0.894. The van der Waals surface area contributed by atoms with E-state index in [0.29, 0.717) is 12.8 Å². The summed E-state index contributed by atoms with van der Waals surface area (Å²) in [6, 6.07) is -1.13. The van der Waals surface area contributed by atoms with Crippen LogP contribution in [0.2, 0.25) is 0 Å². The normalized spacial score (nSPS) is 21.3. The SMILES string of the molecule is CCCCCCCCCCCCC/C=C/CC/C=C/C(O)C(COC1OC(CO)C(O)C(OS(=O)(=O)O)C1O)NC(=O)C(O)CCCCCCCCCCCCCCCCC. The van der Waals surface area contributed by atoms with E-state index in [1.54, 1.807) is 6.08 Å². The first kappa shape index (κ1) is 57.6. The van der Waals surface area contributed by atoms with Crippen molar-refractivity contribution < 1.29 is 57.0 Å². The van der Waals surface area contributed by atoms with Gasteiger partial charge in [-0.25, -0.2) is 4.18 Å². The molecule has 1 fully saturated rings. The molecule has 0 aromatic carbocycles. The van der Waals surface area contributed by atoms with Crippen LogP contribution in [0.25, 0.3) is 0 Å². The number of amides is 1. The Kier molecular flexibility index (Phi) is 35.7. The van der Waals surface area contributed by atoms with Gasteiger partial charge >= 0.3 is 10.4 Å². The summed E-state index contributed by atoms with van der Waals surface area (Å²) < 4.78 is 47.5. The largest absolute Gasteiger partial charge is 0.397 e. The Bertz CT molecular complexity index is 1200. The maximum Gasteiger partial charge on any atom is 0.397 e. The number of aliphatic hydroxyl groups is 5. The third-order valence-electron chi connectivity index (χ3n) is 11.6. The minimum Gasteiger partial charge on any atom is -0.394 e. The van der Waals surface area contributed by atoms with E-state index in [0.717, 1.165) is 38.5 Å². The van der Waals surface area contributed by atoms with Crippen LogP contribution in [0.1, 0.15) is 206 Å². The zero-order chi connectivity index (χ0) is 45.0. The minimum atomic E-state index is -5.12. The predicted octanol–water partition coefficient (Wildman–Crippen LogP) is 8.69. The molecule has 13 nitrogen and oxygen atoms in total. The van der Waals surface area contributed by atoms with Crippen molar-refractivity contribution in [2.24, 2.45) is 0 Å². The lowest BCUT2D eigenvalue weighted by Gasteiger charge is -2.41. The van der Waals surface area contributed by atoms with Crippen molar-refractivity contribution in [3.63, 3.8) is 0 Å². The van der Waals surface area contributed by atoms with Crippen LogP contribution in [0.5, 0.6) is 0 Å². The highest BCUT2D eigenvalue weighted by molar-refractivity contribution is 7.80. The molecule has 0 radical (unpaired) electrons. The summed E-state index contributed by atoms with van der Waals surface area (Å²) in [6.45, 7) is 3.21. The fourth-order valence-electron chi connectivity index (χ4n) is 7.71. The molecule has 1 saturated heterocycles. The van der Waals surface area contributed by atoms with Gasteiger partial charge in [0.05, 0.1) is 25.4 Å². The summed E-state index contributed by atoms with van der Waals surface area (Å²) in [5.74, 6) is -0.710. The second-order valence-corrected chi connectivity index (χ2v) is 18.2. The summed E-state index contributed by atoms with van der Waals surface area (Å²) in [7, 11) is -5.12. The third-order valence-corrected chi connectivity index (χ3v) is 12.1. The number of rotatable bonds is 41. The summed E-state index contributed by atoms with van der Waals surface area (Å²) in [5.41, 5.74) is 0. The van der Waals surface area contributed by atoms with E-state index in [1.165, 1.54) is 141 Å². The van der Waals surface area contributed by atoms with Gasteiger partial charge in [0.25, 0.3) is 0 Å². The van der Waals surface area contributed by atoms with E-state index in [2.05, 4.69) is 35.5 Å². The maximum atomic E-state index is 13.1. The lowest BCUT2D eigenvalue weighted by atomic mass is 9.99.